The maximum atomic E-state index is 13.5. The Bertz CT molecular complexity index is 1090. The smallest absolute Gasteiger partial charge is 0.255 e. The first kappa shape index (κ1) is 20.3. The summed E-state index contributed by atoms with van der Waals surface area (Å²) < 4.78 is 18.9. The van der Waals surface area contributed by atoms with Gasteiger partial charge in [-0.15, -0.1) is 0 Å². The van der Waals surface area contributed by atoms with Crippen molar-refractivity contribution in [3.05, 3.63) is 70.7 Å². The van der Waals surface area contributed by atoms with Crippen molar-refractivity contribution < 1.29 is 13.9 Å². The molecule has 1 saturated heterocycles. The summed E-state index contributed by atoms with van der Waals surface area (Å²) in [6, 6.07) is 12.5. The van der Waals surface area contributed by atoms with Crippen molar-refractivity contribution in [2.45, 2.75) is 20.4 Å². The van der Waals surface area contributed by atoms with Crippen LogP contribution >= 0.6 is 0 Å². The second kappa shape index (κ2) is 8.40. The highest BCUT2D eigenvalue weighted by Crippen LogP contribution is 2.23. The third-order valence-electron chi connectivity index (χ3n) is 5.69. The number of carbonyl (C=O) groups is 1. The third kappa shape index (κ3) is 4.14. The van der Waals surface area contributed by atoms with Crippen molar-refractivity contribution in [3.63, 3.8) is 0 Å². The van der Waals surface area contributed by atoms with Crippen molar-refractivity contribution in [3.8, 4) is 5.75 Å². The van der Waals surface area contributed by atoms with Crippen LogP contribution in [-0.2, 0) is 6.54 Å². The molecule has 4 rings (SSSR count). The van der Waals surface area contributed by atoms with E-state index < -0.39 is 0 Å². The Labute approximate surface area is 176 Å². The molecule has 0 aliphatic carbocycles. The molecule has 0 N–H and O–H groups in total. The molecule has 3 aromatic rings. The Morgan fingerprint density at radius 2 is 1.83 bits per heavy atom. The van der Waals surface area contributed by atoms with E-state index in [0.29, 0.717) is 29.9 Å². The van der Waals surface area contributed by atoms with Crippen molar-refractivity contribution >= 4 is 16.8 Å². The van der Waals surface area contributed by atoms with Crippen LogP contribution in [-0.4, -0.2) is 54.0 Å². The number of carbonyl (C=O) groups excluding carboxylic acids is 1. The largest absolute Gasteiger partial charge is 0.496 e. The average Bonchev–Trinajstić information content (AvgIpc) is 2.73. The quantitative estimate of drug-likeness (QED) is 0.657. The van der Waals surface area contributed by atoms with E-state index in [-0.39, 0.29) is 11.7 Å². The normalized spacial score (nSPS) is 14.9. The van der Waals surface area contributed by atoms with Crippen LogP contribution in [0.2, 0.25) is 0 Å². The van der Waals surface area contributed by atoms with Gasteiger partial charge >= 0.3 is 0 Å². The van der Waals surface area contributed by atoms with Crippen molar-refractivity contribution in [2.75, 3.05) is 33.3 Å². The van der Waals surface area contributed by atoms with Crippen LogP contribution in [0.25, 0.3) is 10.9 Å². The zero-order chi connectivity index (χ0) is 21.3. The summed E-state index contributed by atoms with van der Waals surface area (Å²) in [7, 11) is 1.69. The van der Waals surface area contributed by atoms with E-state index in [0.717, 1.165) is 30.8 Å². The lowest BCUT2D eigenvalue weighted by Gasteiger charge is -2.35. The first-order valence-corrected chi connectivity index (χ1v) is 10.2. The number of hydrogen-bond donors (Lipinski definition) is 0. The zero-order valence-corrected chi connectivity index (χ0v) is 17.6. The van der Waals surface area contributed by atoms with E-state index >= 15 is 0 Å². The van der Waals surface area contributed by atoms with E-state index in [2.05, 4.69) is 22.9 Å². The van der Waals surface area contributed by atoms with Crippen LogP contribution in [0.1, 0.15) is 27.2 Å². The van der Waals surface area contributed by atoms with Crippen molar-refractivity contribution in [1.82, 2.24) is 14.8 Å². The summed E-state index contributed by atoms with van der Waals surface area (Å²) >= 11 is 0. The fourth-order valence-electron chi connectivity index (χ4n) is 4.00. The van der Waals surface area contributed by atoms with Gasteiger partial charge < -0.3 is 9.64 Å². The number of nitrogens with zero attached hydrogens (tertiary/aromatic N) is 3. The van der Waals surface area contributed by atoms with E-state index in [9.17, 15) is 9.18 Å². The minimum absolute atomic E-state index is 0.0148. The van der Waals surface area contributed by atoms with E-state index in [1.807, 2.05) is 23.1 Å². The van der Waals surface area contributed by atoms with Gasteiger partial charge in [-0.1, -0.05) is 17.7 Å². The number of methoxy groups -OCH3 is 1. The van der Waals surface area contributed by atoms with E-state index in [1.54, 1.807) is 20.1 Å². The fraction of sp³-hybridized carbons (Fsp3) is 0.333. The lowest BCUT2D eigenvalue weighted by molar-refractivity contribution is 0.0626. The predicted molar refractivity (Wildman–Crippen MR) is 115 cm³/mol. The van der Waals surface area contributed by atoms with Gasteiger partial charge in [0.05, 0.1) is 23.9 Å². The van der Waals surface area contributed by atoms with Crippen molar-refractivity contribution in [1.29, 1.82) is 0 Å². The summed E-state index contributed by atoms with van der Waals surface area (Å²) in [4.78, 5) is 21.8. The van der Waals surface area contributed by atoms with Gasteiger partial charge in [0.25, 0.3) is 5.91 Å². The van der Waals surface area contributed by atoms with Gasteiger partial charge in [-0.25, -0.2) is 4.39 Å². The molecule has 5 nitrogen and oxygen atoms in total. The Balaban J connectivity index is 1.45. The van der Waals surface area contributed by atoms with Gasteiger partial charge in [0.2, 0.25) is 0 Å². The highest BCUT2D eigenvalue weighted by molar-refractivity contribution is 5.98. The SMILES string of the molecule is COc1ccc(C)cc1CN1CCN(C(=O)c2cc3ccc(F)cc3nc2C)CC1. The minimum atomic E-state index is -0.324. The van der Waals surface area contributed by atoms with Crippen LogP contribution in [0.15, 0.2) is 42.5 Å². The number of benzene rings is 2. The summed E-state index contributed by atoms with van der Waals surface area (Å²) in [5, 5.41) is 0.774. The Morgan fingerprint density at radius 3 is 2.57 bits per heavy atom. The standard InChI is InChI=1S/C24H26FN3O2/c1-16-4-7-23(30-3)19(12-16)15-27-8-10-28(11-9-27)24(29)21-13-18-5-6-20(25)14-22(18)26-17(21)2/h4-7,12-14H,8-11,15H2,1-3H3. The summed E-state index contributed by atoms with van der Waals surface area (Å²) in [5.74, 6) is 0.558. The number of aromatic nitrogens is 1. The van der Waals surface area contributed by atoms with Gasteiger partial charge in [0.15, 0.2) is 0 Å². The first-order valence-electron chi connectivity index (χ1n) is 10.2. The minimum Gasteiger partial charge on any atom is -0.496 e. The molecule has 2 heterocycles. The number of amides is 1. The number of hydrogen-bond acceptors (Lipinski definition) is 4. The number of piperazine rings is 1. The Hall–Kier alpha value is -2.99. The maximum Gasteiger partial charge on any atom is 0.255 e. The Kier molecular flexibility index (Phi) is 5.68. The van der Waals surface area contributed by atoms with Crippen molar-refractivity contribution in [2.24, 2.45) is 0 Å². The van der Waals surface area contributed by atoms with Crippen LogP contribution in [0.4, 0.5) is 4.39 Å². The second-order valence-corrected chi connectivity index (χ2v) is 7.84. The molecule has 1 amide bonds. The molecule has 30 heavy (non-hydrogen) atoms. The molecule has 0 atom stereocenters. The van der Waals surface area contributed by atoms with Crippen LogP contribution in [0.3, 0.4) is 0 Å². The number of halogens is 1. The number of aryl methyl sites for hydroxylation is 2. The summed E-state index contributed by atoms with van der Waals surface area (Å²) in [6.07, 6.45) is 0. The lowest BCUT2D eigenvalue weighted by atomic mass is 10.1. The summed E-state index contributed by atoms with van der Waals surface area (Å²) in [6.45, 7) is 7.60. The second-order valence-electron chi connectivity index (χ2n) is 7.84. The topological polar surface area (TPSA) is 45.7 Å². The number of rotatable bonds is 4. The average molecular weight is 407 g/mol. The predicted octanol–water partition coefficient (Wildman–Crippen LogP) is 3.96. The molecule has 1 aliphatic heterocycles. The molecular formula is C24H26FN3O2. The van der Waals surface area contributed by atoms with Gasteiger partial charge in [0, 0.05) is 49.7 Å². The molecule has 0 saturated carbocycles. The molecule has 1 fully saturated rings. The molecule has 0 bridgehead atoms. The van der Waals surface area contributed by atoms with Gasteiger partial charge in [-0.05, 0) is 38.1 Å². The van der Waals surface area contributed by atoms with Crippen LogP contribution < -0.4 is 4.74 Å². The number of ether oxygens (including phenoxy) is 1. The molecule has 2 aromatic carbocycles. The first-order chi connectivity index (χ1) is 14.4. The number of pyridine rings is 1. The van der Waals surface area contributed by atoms with E-state index in [4.69, 9.17) is 4.74 Å². The van der Waals surface area contributed by atoms with Crippen LogP contribution in [0, 0.1) is 19.7 Å². The molecule has 1 aromatic heterocycles. The zero-order valence-electron chi connectivity index (χ0n) is 17.6. The van der Waals surface area contributed by atoms with Gasteiger partial charge in [-0.2, -0.15) is 0 Å². The number of fused-ring (bicyclic) bond motifs is 1. The van der Waals surface area contributed by atoms with Gasteiger partial charge in [-0.3, -0.25) is 14.7 Å². The molecule has 6 heteroatoms. The molecular weight excluding hydrogens is 381 g/mol. The molecule has 0 spiro atoms. The molecule has 0 radical (unpaired) electrons. The van der Waals surface area contributed by atoms with E-state index in [1.165, 1.54) is 23.3 Å². The fourth-order valence-corrected chi connectivity index (χ4v) is 4.00. The molecule has 0 unspecified atom stereocenters. The maximum absolute atomic E-state index is 13.5. The Morgan fingerprint density at radius 1 is 1.07 bits per heavy atom. The highest BCUT2D eigenvalue weighted by Gasteiger charge is 2.24. The molecule has 156 valence electrons. The van der Waals surface area contributed by atoms with Crippen LogP contribution in [0.5, 0.6) is 5.75 Å². The van der Waals surface area contributed by atoms with Gasteiger partial charge in [0.1, 0.15) is 11.6 Å². The lowest BCUT2D eigenvalue weighted by Crippen LogP contribution is -2.48. The monoisotopic (exact) mass is 407 g/mol. The molecule has 1 aliphatic rings. The third-order valence-corrected chi connectivity index (χ3v) is 5.69. The highest BCUT2D eigenvalue weighted by atomic mass is 19.1. The summed E-state index contributed by atoms with van der Waals surface area (Å²) in [5.41, 5.74) is 4.16.